The minimum absolute atomic E-state index is 0.172. The molecule has 0 aromatic heterocycles. The Morgan fingerprint density at radius 3 is 2.03 bits per heavy atom. The molecule has 160 valence electrons. The fourth-order valence-corrected chi connectivity index (χ4v) is 3.16. The summed E-state index contributed by atoms with van der Waals surface area (Å²) in [5.41, 5.74) is 3.92. The molecule has 0 spiro atoms. The Labute approximate surface area is 174 Å². The second-order valence-electron chi connectivity index (χ2n) is 7.02. The van der Waals surface area contributed by atoms with Crippen molar-refractivity contribution in [2.45, 2.75) is 20.0 Å². The van der Waals surface area contributed by atoms with Gasteiger partial charge in [0.15, 0.2) is 0 Å². The molecule has 1 aliphatic heterocycles. The third kappa shape index (κ3) is 7.26. The first-order valence-corrected chi connectivity index (χ1v) is 9.45. The Morgan fingerprint density at radius 2 is 1.50 bits per heavy atom. The molecule has 0 bridgehead atoms. The molecule has 0 aliphatic carbocycles. The molecule has 0 unspecified atom stereocenters. The van der Waals surface area contributed by atoms with E-state index in [0.29, 0.717) is 0 Å². The van der Waals surface area contributed by atoms with Crippen molar-refractivity contribution in [1.82, 2.24) is 9.80 Å². The summed E-state index contributed by atoms with van der Waals surface area (Å²) in [5.74, 6) is -3.65. The molecule has 3 rings (SSSR count). The molecule has 0 atom stereocenters. The van der Waals surface area contributed by atoms with Crippen LogP contribution in [0.2, 0.25) is 0 Å². The van der Waals surface area contributed by atoms with Gasteiger partial charge in [0.1, 0.15) is 0 Å². The molecule has 0 saturated carbocycles. The Kier molecular flexibility index (Phi) is 8.45. The first-order chi connectivity index (χ1) is 14.3. The number of non-ortho nitro benzene ring substituents is 1. The molecular formula is C21H25N3O6. The number of nitro groups is 1. The maximum absolute atomic E-state index is 10.9. The van der Waals surface area contributed by atoms with Gasteiger partial charge < -0.3 is 10.2 Å². The summed E-state index contributed by atoms with van der Waals surface area (Å²) in [4.78, 5) is 33.6. The van der Waals surface area contributed by atoms with Gasteiger partial charge in [0, 0.05) is 51.4 Å². The minimum atomic E-state index is -1.82. The van der Waals surface area contributed by atoms with Crippen molar-refractivity contribution in [3.63, 3.8) is 0 Å². The number of hydrogen-bond acceptors (Lipinski definition) is 6. The fraction of sp³-hybridized carbons (Fsp3) is 0.333. The highest BCUT2D eigenvalue weighted by atomic mass is 16.6. The third-order valence-corrected chi connectivity index (χ3v) is 4.83. The van der Waals surface area contributed by atoms with E-state index in [4.69, 9.17) is 19.8 Å². The molecule has 30 heavy (non-hydrogen) atoms. The van der Waals surface area contributed by atoms with E-state index in [-0.39, 0.29) is 10.6 Å². The zero-order chi connectivity index (χ0) is 22.1. The topological polar surface area (TPSA) is 124 Å². The predicted molar refractivity (Wildman–Crippen MR) is 110 cm³/mol. The molecule has 0 radical (unpaired) electrons. The van der Waals surface area contributed by atoms with Crippen LogP contribution in [0.5, 0.6) is 0 Å². The predicted octanol–water partition coefficient (Wildman–Crippen LogP) is 2.38. The van der Waals surface area contributed by atoms with Crippen LogP contribution < -0.4 is 0 Å². The van der Waals surface area contributed by atoms with Crippen molar-refractivity contribution in [3.8, 4) is 0 Å². The Balaban J connectivity index is 0.000000469. The standard InChI is InChI=1S/C19H23N3O2.C2H2O4/c1-16-5-2-3-7-18(16)15-21-11-9-20(10-12-21)14-17-6-4-8-19(13-17)22(23)24;3-1(4)2(5)6/h2-8,13H,9-12,14-15H2,1H3;(H,3,4)(H,5,6). The third-order valence-electron chi connectivity index (χ3n) is 4.83. The van der Waals surface area contributed by atoms with Crippen LogP contribution >= 0.6 is 0 Å². The summed E-state index contributed by atoms with van der Waals surface area (Å²) in [6.07, 6.45) is 0. The molecule has 1 fully saturated rings. The van der Waals surface area contributed by atoms with E-state index in [0.717, 1.165) is 44.8 Å². The van der Waals surface area contributed by atoms with Gasteiger partial charge in [0.05, 0.1) is 4.92 Å². The van der Waals surface area contributed by atoms with E-state index < -0.39 is 11.9 Å². The Morgan fingerprint density at radius 1 is 0.933 bits per heavy atom. The van der Waals surface area contributed by atoms with E-state index in [9.17, 15) is 10.1 Å². The van der Waals surface area contributed by atoms with Crippen LogP contribution in [0.1, 0.15) is 16.7 Å². The largest absolute Gasteiger partial charge is 0.473 e. The highest BCUT2D eigenvalue weighted by molar-refractivity contribution is 6.27. The normalized spacial score (nSPS) is 14.4. The number of carbonyl (C=O) groups is 2. The molecule has 9 nitrogen and oxygen atoms in total. The van der Waals surface area contributed by atoms with Crippen LogP contribution in [0.3, 0.4) is 0 Å². The summed E-state index contributed by atoms with van der Waals surface area (Å²) in [6.45, 7) is 7.99. The van der Waals surface area contributed by atoms with Gasteiger partial charge in [-0.25, -0.2) is 9.59 Å². The molecule has 2 aromatic rings. The lowest BCUT2D eigenvalue weighted by Crippen LogP contribution is -2.45. The molecule has 2 aromatic carbocycles. The average molecular weight is 415 g/mol. The number of carboxylic acids is 2. The zero-order valence-electron chi connectivity index (χ0n) is 16.7. The van der Waals surface area contributed by atoms with Gasteiger partial charge in [-0.15, -0.1) is 0 Å². The van der Waals surface area contributed by atoms with Gasteiger partial charge >= 0.3 is 11.9 Å². The summed E-state index contributed by atoms with van der Waals surface area (Å²) >= 11 is 0. The number of hydrogen-bond donors (Lipinski definition) is 2. The quantitative estimate of drug-likeness (QED) is 0.433. The number of rotatable bonds is 5. The number of benzene rings is 2. The summed E-state index contributed by atoms with van der Waals surface area (Å²) in [7, 11) is 0. The number of carboxylic acid groups (broad SMARTS) is 2. The highest BCUT2D eigenvalue weighted by Gasteiger charge is 2.18. The Hall–Kier alpha value is -3.30. The number of piperazine rings is 1. The van der Waals surface area contributed by atoms with Crippen molar-refractivity contribution >= 4 is 17.6 Å². The van der Waals surface area contributed by atoms with Crippen LogP contribution in [0, 0.1) is 17.0 Å². The van der Waals surface area contributed by atoms with Crippen LogP contribution in [0.15, 0.2) is 48.5 Å². The number of nitro benzene ring substituents is 1. The van der Waals surface area contributed by atoms with Gasteiger partial charge in [0.2, 0.25) is 0 Å². The maximum atomic E-state index is 10.9. The van der Waals surface area contributed by atoms with E-state index in [1.807, 2.05) is 6.07 Å². The SMILES string of the molecule is Cc1ccccc1CN1CCN(Cc2cccc([N+](=O)[O-])c2)CC1.O=C(O)C(=O)O. The summed E-state index contributed by atoms with van der Waals surface area (Å²) in [5, 5.41) is 25.7. The van der Waals surface area contributed by atoms with Gasteiger partial charge in [0.25, 0.3) is 5.69 Å². The zero-order valence-corrected chi connectivity index (χ0v) is 16.7. The van der Waals surface area contributed by atoms with E-state index in [1.54, 1.807) is 18.2 Å². The molecule has 1 heterocycles. The average Bonchev–Trinajstić information content (AvgIpc) is 2.72. The lowest BCUT2D eigenvalue weighted by molar-refractivity contribution is -0.384. The van der Waals surface area contributed by atoms with Gasteiger partial charge in [-0.05, 0) is 23.6 Å². The number of aryl methyl sites for hydroxylation is 1. The van der Waals surface area contributed by atoms with Crippen molar-refractivity contribution in [2.75, 3.05) is 26.2 Å². The molecule has 1 saturated heterocycles. The van der Waals surface area contributed by atoms with Crippen LogP contribution in [0.4, 0.5) is 5.69 Å². The van der Waals surface area contributed by atoms with Crippen molar-refractivity contribution in [3.05, 3.63) is 75.3 Å². The lowest BCUT2D eigenvalue weighted by Gasteiger charge is -2.35. The van der Waals surface area contributed by atoms with Crippen LogP contribution in [0.25, 0.3) is 0 Å². The van der Waals surface area contributed by atoms with Gasteiger partial charge in [-0.3, -0.25) is 19.9 Å². The van der Waals surface area contributed by atoms with Crippen LogP contribution in [-0.2, 0) is 22.7 Å². The van der Waals surface area contributed by atoms with Crippen molar-refractivity contribution in [2.24, 2.45) is 0 Å². The smallest absolute Gasteiger partial charge is 0.414 e. The Bertz CT molecular complexity index is 882. The summed E-state index contributed by atoms with van der Waals surface area (Å²) in [6, 6.07) is 15.5. The second-order valence-corrected chi connectivity index (χ2v) is 7.02. The molecular weight excluding hydrogens is 390 g/mol. The van der Waals surface area contributed by atoms with Crippen molar-refractivity contribution in [1.29, 1.82) is 0 Å². The summed E-state index contributed by atoms with van der Waals surface area (Å²) < 4.78 is 0. The fourth-order valence-electron chi connectivity index (χ4n) is 3.16. The molecule has 9 heteroatoms. The minimum Gasteiger partial charge on any atom is -0.473 e. The number of aliphatic carboxylic acids is 2. The molecule has 2 N–H and O–H groups in total. The van der Waals surface area contributed by atoms with Gasteiger partial charge in [-0.1, -0.05) is 36.4 Å². The molecule has 1 aliphatic rings. The first-order valence-electron chi connectivity index (χ1n) is 9.45. The number of nitrogens with zero attached hydrogens (tertiary/aromatic N) is 3. The van der Waals surface area contributed by atoms with Gasteiger partial charge in [-0.2, -0.15) is 0 Å². The lowest BCUT2D eigenvalue weighted by atomic mass is 10.1. The van der Waals surface area contributed by atoms with Crippen LogP contribution in [-0.4, -0.2) is 63.1 Å². The van der Waals surface area contributed by atoms with E-state index >= 15 is 0 Å². The molecule has 0 amide bonds. The monoisotopic (exact) mass is 415 g/mol. The van der Waals surface area contributed by atoms with E-state index in [1.165, 1.54) is 11.1 Å². The highest BCUT2D eigenvalue weighted by Crippen LogP contribution is 2.17. The van der Waals surface area contributed by atoms with E-state index in [2.05, 4.69) is 41.0 Å². The maximum Gasteiger partial charge on any atom is 0.414 e. The second kappa shape index (κ2) is 11.0. The van der Waals surface area contributed by atoms with Crippen molar-refractivity contribution < 1.29 is 24.7 Å². The first kappa shape index (κ1) is 23.0.